The molecule has 2 heterocycles. The van der Waals surface area contributed by atoms with Crippen LogP contribution in [0.15, 0.2) is 18.2 Å². The average Bonchev–Trinajstić information content (AvgIpc) is 3.14. The highest BCUT2D eigenvalue weighted by atomic mass is 35.5. The van der Waals surface area contributed by atoms with Crippen molar-refractivity contribution >= 4 is 46.7 Å². The standard InChI is InChI=1S/C16H18Cl2N4O3/c17-10-6-11(18)8-12(7-10)20-15(24)13-2-1-4-21(13)9-14(23)22-5-3-19-16(22)25/h6-8,13H,1-5,9H2,(H,19,25)(H,20,24)/t13-/m0/s1. The number of rotatable bonds is 4. The largest absolute Gasteiger partial charge is 0.336 e. The molecular formula is C16H18Cl2N4O3. The molecule has 2 aliphatic rings. The number of amides is 4. The van der Waals surface area contributed by atoms with Crippen LogP contribution in [0.5, 0.6) is 0 Å². The topological polar surface area (TPSA) is 81.8 Å². The third kappa shape index (κ3) is 4.23. The number of carbonyl (C=O) groups is 3. The molecule has 1 aromatic rings. The van der Waals surface area contributed by atoms with E-state index in [1.165, 1.54) is 4.90 Å². The lowest BCUT2D eigenvalue weighted by molar-refractivity contribution is -0.130. The Bertz CT molecular complexity index is 692. The Labute approximate surface area is 155 Å². The summed E-state index contributed by atoms with van der Waals surface area (Å²) in [6, 6.07) is 4.01. The molecule has 1 aromatic carbocycles. The van der Waals surface area contributed by atoms with Gasteiger partial charge in [0, 0.05) is 28.8 Å². The molecule has 0 aromatic heterocycles. The van der Waals surface area contributed by atoms with Gasteiger partial charge in [0.25, 0.3) is 0 Å². The van der Waals surface area contributed by atoms with Gasteiger partial charge in [0.1, 0.15) is 0 Å². The number of hydrogen-bond donors (Lipinski definition) is 2. The number of halogens is 2. The number of anilines is 1. The molecular weight excluding hydrogens is 367 g/mol. The van der Waals surface area contributed by atoms with Gasteiger partial charge in [-0.15, -0.1) is 0 Å². The van der Waals surface area contributed by atoms with Crippen molar-refractivity contribution in [3.05, 3.63) is 28.2 Å². The zero-order chi connectivity index (χ0) is 18.0. The molecule has 0 saturated carbocycles. The van der Waals surface area contributed by atoms with Crippen LogP contribution in [0, 0.1) is 0 Å². The molecule has 3 rings (SSSR count). The van der Waals surface area contributed by atoms with Crippen LogP contribution in [0.2, 0.25) is 10.0 Å². The lowest BCUT2D eigenvalue weighted by atomic mass is 10.2. The molecule has 1 atom stereocenters. The van der Waals surface area contributed by atoms with Crippen molar-refractivity contribution in [3.8, 4) is 0 Å². The van der Waals surface area contributed by atoms with Crippen LogP contribution in [0.25, 0.3) is 0 Å². The molecule has 0 radical (unpaired) electrons. The van der Waals surface area contributed by atoms with Crippen LogP contribution in [0.1, 0.15) is 12.8 Å². The first-order valence-electron chi connectivity index (χ1n) is 8.03. The van der Waals surface area contributed by atoms with E-state index in [2.05, 4.69) is 10.6 Å². The van der Waals surface area contributed by atoms with E-state index in [-0.39, 0.29) is 24.4 Å². The van der Waals surface area contributed by atoms with Crippen LogP contribution < -0.4 is 10.6 Å². The maximum Gasteiger partial charge on any atom is 0.324 e. The van der Waals surface area contributed by atoms with E-state index in [1.807, 2.05) is 0 Å². The van der Waals surface area contributed by atoms with Gasteiger partial charge >= 0.3 is 6.03 Å². The zero-order valence-electron chi connectivity index (χ0n) is 13.4. The summed E-state index contributed by atoms with van der Waals surface area (Å²) in [5.41, 5.74) is 0.514. The second-order valence-electron chi connectivity index (χ2n) is 6.05. The summed E-state index contributed by atoms with van der Waals surface area (Å²) in [5, 5.41) is 6.25. The Balaban J connectivity index is 1.63. The van der Waals surface area contributed by atoms with Crippen molar-refractivity contribution in [2.24, 2.45) is 0 Å². The van der Waals surface area contributed by atoms with Gasteiger partial charge in [0.15, 0.2) is 0 Å². The summed E-state index contributed by atoms with van der Waals surface area (Å²) < 4.78 is 0. The van der Waals surface area contributed by atoms with Gasteiger partial charge in [-0.05, 0) is 37.6 Å². The number of nitrogens with zero attached hydrogens (tertiary/aromatic N) is 2. The third-order valence-corrected chi connectivity index (χ3v) is 4.73. The number of imide groups is 1. The fourth-order valence-electron chi connectivity index (χ4n) is 3.13. The first-order chi connectivity index (χ1) is 11.9. The molecule has 4 amide bonds. The van der Waals surface area contributed by atoms with E-state index in [0.29, 0.717) is 41.8 Å². The van der Waals surface area contributed by atoms with Crippen LogP contribution in [0.3, 0.4) is 0 Å². The number of urea groups is 1. The Morgan fingerprint density at radius 3 is 2.56 bits per heavy atom. The second kappa shape index (κ2) is 7.59. The zero-order valence-corrected chi connectivity index (χ0v) is 14.9. The summed E-state index contributed by atoms with van der Waals surface area (Å²) in [6.07, 6.45) is 1.47. The van der Waals surface area contributed by atoms with Crippen molar-refractivity contribution < 1.29 is 14.4 Å². The lowest BCUT2D eigenvalue weighted by Crippen LogP contribution is -2.46. The number of carbonyl (C=O) groups excluding carboxylic acids is 3. The van der Waals surface area contributed by atoms with Gasteiger partial charge in [0.05, 0.1) is 12.6 Å². The first kappa shape index (κ1) is 18.0. The SMILES string of the molecule is O=C(Nc1cc(Cl)cc(Cl)c1)[C@@H]1CCCN1CC(=O)N1CCNC1=O. The highest BCUT2D eigenvalue weighted by molar-refractivity contribution is 6.35. The van der Waals surface area contributed by atoms with Crippen LogP contribution in [0.4, 0.5) is 10.5 Å². The predicted octanol–water partition coefficient (Wildman–Crippen LogP) is 1.95. The number of benzene rings is 1. The summed E-state index contributed by atoms with van der Waals surface area (Å²) >= 11 is 11.9. The average molecular weight is 385 g/mol. The molecule has 2 aliphatic heterocycles. The smallest absolute Gasteiger partial charge is 0.324 e. The normalized spacial score (nSPS) is 20.6. The fourth-order valence-corrected chi connectivity index (χ4v) is 3.66. The molecule has 0 unspecified atom stereocenters. The van der Waals surface area contributed by atoms with Crippen LogP contribution in [-0.2, 0) is 9.59 Å². The van der Waals surface area contributed by atoms with Gasteiger partial charge < -0.3 is 10.6 Å². The van der Waals surface area contributed by atoms with Crippen molar-refractivity contribution in [3.63, 3.8) is 0 Å². The van der Waals surface area contributed by atoms with E-state index in [0.717, 1.165) is 6.42 Å². The summed E-state index contributed by atoms with van der Waals surface area (Å²) in [6.45, 7) is 1.50. The van der Waals surface area contributed by atoms with E-state index in [4.69, 9.17) is 23.2 Å². The van der Waals surface area contributed by atoms with Crippen molar-refractivity contribution in [1.82, 2.24) is 15.1 Å². The first-order valence-corrected chi connectivity index (χ1v) is 8.79. The number of hydrogen-bond acceptors (Lipinski definition) is 4. The Kier molecular flexibility index (Phi) is 5.46. The molecule has 0 aliphatic carbocycles. The highest BCUT2D eigenvalue weighted by Gasteiger charge is 2.35. The van der Waals surface area contributed by atoms with E-state index in [9.17, 15) is 14.4 Å². The molecule has 7 nitrogen and oxygen atoms in total. The monoisotopic (exact) mass is 384 g/mol. The molecule has 134 valence electrons. The molecule has 9 heteroatoms. The minimum atomic E-state index is -0.424. The summed E-state index contributed by atoms with van der Waals surface area (Å²) in [4.78, 5) is 39.4. The Morgan fingerprint density at radius 1 is 1.20 bits per heavy atom. The fraction of sp³-hybridized carbons (Fsp3) is 0.438. The summed E-state index contributed by atoms with van der Waals surface area (Å²) in [5.74, 6) is -0.505. The summed E-state index contributed by atoms with van der Waals surface area (Å²) in [7, 11) is 0. The van der Waals surface area contributed by atoms with Gasteiger partial charge in [-0.3, -0.25) is 19.4 Å². The minimum absolute atomic E-state index is 0.0435. The van der Waals surface area contributed by atoms with Crippen molar-refractivity contribution in [2.75, 3.05) is 31.5 Å². The van der Waals surface area contributed by atoms with Crippen LogP contribution in [-0.4, -0.2) is 59.9 Å². The Hall–Kier alpha value is -1.83. The van der Waals surface area contributed by atoms with Gasteiger partial charge in [-0.25, -0.2) is 4.79 Å². The second-order valence-corrected chi connectivity index (χ2v) is 6.93. The molecule has 2 saturated heterocycles. The molecule has 2 N–H and O–H groups in total. The molecule has 2 fully saturated rings. The third-order valence-electron chi connectivity index (χ3n) is 4.29. The van der Waals surface area contributed by atoms with Gasteiger partial charge in [-0.2, -0.15) is 0 Å². The van der Waals surface area contributed by atoms with E-state index < -0.39 is 6.04 Å². The maximum absolute atomic E-state index is 12.6. The lowest BCUT2D eigenvalue weighted by Gasteiger charge is -2.24. The number of nitrogens with one attached hydrogen (secondary N) is 2. The predicted molar refractivity (Wildman–Crippen MR) is 94.8 cm³/mol. The molecule has 25 heavy (non-hydrogen) atoms. The molecule has 0 bridgehead atoms. The Morgan fingerprint density at radius 2 is 1.92 bits per heavy atom. The minimum Gasteiger partial charge on any atom is -0.336 e. The quantitative estimate of drug-likeness (QED) is 0.830. The van der Waals surface area contributed by atoms with Crippen molar-refractivity contribution in [2.45, 2.75) is 18.9 Å². The highest BCUT2D eigenvalue weighted by Crippen LogP contribution is 2.24. The van der Waals surface area contributed by atoms with Crippen LogP contribution >= 0.6 is 23.2 Å². The van der Waals surface area contributed by atoms with E-state index >= 15 is 0 Å². The van der Waals surface area contributed by atoms with E-state index in [1.54, 1.807) is 23.1 Å². The maximum atomic E-state index is 12.6. The van der Waals surface area contributed by atoms with Gasteiger partial charge in [-0.1, -0.05) is 23.2 Å². The molecule has 0 spiro atoms. The van der Waals surface area contributed by atoms with Crippen molar-refractivity contribution in [1.29, 1.82) is 0 Å². The van der Waals surface area contributed by atoms with Gasteiger partial charge in [0.2, 0.25) is 11.8 Å². The number of likely N-dealkylation sites (tertiary alicyclic amines) is 1.